The Morgan fingerprint density at radius 2 is 1.69 bits per heavy atom. The normalized spacial score (nSPS) is 20.7. The number of nitrogens with one attached hydrogen (secondary N) is 1. The molecule has 55 heavy (non-hydrogen) atoms. The van der Waals surface area contributed by atoms with Gasteiger partial charge in [0, 0.05) is 31.6 Å². The number of fused-ring (bicyclic) bond motifs is 2. The summed E-state index contributed by atoms with van der Waals surface area (Å²) in [6.45, 7) is 3.68. The van der Waals surface area contributed by atoms with Crippen molar-refractivity contribution in [3.8, 4) is 11.5 Å². The zero-order valence-corrected chi connectivity index (χ0v) is 32.3. The lowest BCUT2D eigenvalue weighted by atomic mass is 9.87. The average molecular weight is 805 g/mol. The molecule has 14 nitrogen and oxygen atoms in total. The molecule has 2 fully saturated rings. The zero-order chi connectivity index (χ0) is 39.4. The van der Waals surface area contributed by atoms with E-state index in [-0.39, 0.29) is 54.4 Å². The molecule has 300 valence electrons. The van der Waals surface area contributed by atoms with Crippen molar-refractivity contribution in [1.82, 2.24) is 13.9 Å². The molecule has 5 atom stereocenters. The molecule has 17 heteroatoms. The number of aliphatic hydroxyl groups excluding tert-OH is 1. The molecular weight excluding hydrogens is 758 g/mol. The number of halogens is 1. The van der Waals surface area contributed by atoms with E-state index >= 15 is 0 Å². The number of ether oxygens (including phenoxy) is 4. The summed E-state index contributed by atoms with van der Waals surface area (Å²) in [5.41, 5.74) is 0.0341. The van der Waals surface area contributed by atoms with Gasteiger partial charge in [-0.3, -0.25) is 0 Å². The highest BCUT2D eigenvalue weighted by atomic mass is 32.2. The van der Waals surface area contributed by atoms with Gasteiger partial charge in [0.25, 0.3) is 0 Å². The van der Waals surface area contributed by atoms with Crippen LogP contribution in [0.3, 0.4) is 0 Å². The van der Waals surface area contributed by atoms with E-state index < -0.39 is 68.4 Å². The van der Waals surface area contributed by atoms with Crippen molar-refractivity contribution < 1.29 is 55.2 Å². The van der Waals surface area contributed by atoms with Crippen molar-refractivity contribution in [2.24, 2.45) is 11.3 Å². The van der Waals surface area contributed by atoms with Crippen LogP contribution in [0.2, 0.25) is 0 Å². The maximum absolute atomic E-state index is 14.5. The SMILES string of the molecule is CC(C)(CCCCNS(=O)(=O)c1ccc(F)cc1)CN(C[C@@H](O)[C@H](Cc1ccccc1)N(C(=O)[O-])[C@H]1CO[C@H]2OCC[C@H]21)S(=O)(=O)c1ccc2c(c1)OCO2. The summed E-state index contributed by atoms with van der Waals surface area (Å²) in [7, 11) is -8.18. The van der Waals surface area contributed by atoms with Crippen LogP contribution < -0.4 is 19.3 Å². The van der Waals surface area contributed by atoms with Crippen LogP contribution in [0.5, 0.6) is 11.5 Å². The molecule has 0 aromatic heterocycles. The summed E-state index contributed by atoms with van der Waals surface area (Å²) in [6, 6.07) is 16.0. The summed E-state index contributed by atoms with van der Waals surface area (Å²) < 4.78 is 93.6. The van der Waals surface area contributed by atoms with Crippen LogP contribution in [0.4, 0.5) is 9.18 Å². The van der Waals surface area contributed by atoms with E-state index in [1.807, 2.05) is 32.0 Å². The first-order valence-corrected chi connectivity index (χ1v) is 21.2. The van der Waals surface area contributed by atoms with Crippen LogP contribution in [0, 0.1) is 17.2 Å². The third-order valence-corrected chi connectivity index (χ3v) is 13.6. The Labute approximate surface area is 321 Å². The number of aliphatic hydroxyl groups is 1. The number of unbranched alkanes of at least 4 members (excludes halogenated alkanes) is 1. The number of carbonyl (C=O) groups is 1. The lowest BCUT2D eigenvalue weighted by Crippen LogP contribution is -2.61. The maximum atomic E-state index is 14.5. The van der Waals surface area contributed by atoms with Gasteiger partial charge in [-0.1, -0.05) is 50.6 Å². The maximum Gasteiger partial charge on any atom is 0.243 e. The molecule has 0 radical (unpaired) electrons. The van der Waals surface area contributed by atoms with Crippen molar-refractivity contribution in [3.63, 3.8) is 0 Å². The molecule has 0 aliphatic carbocycles. The van der Waals surface area contributed by atoms with Crippen molar-refractivity contribution in [3.05, 3.63) is 84.2 Å². The van der Waals surface area contributed by atoms with Crippen LogP contribution in [-0.2, 0) is 35.9 Å². The van der Waals surface area contributed by atoms with E-state index in [9.17, 15) is 36.2 Å². The monoisotopic (exact) mass is 804 g/mol. The minimum Gasteiger partial charge on any atom is -0.530 e. The third-order valence-electron chi connectivity index (χ3n) is 10.3. The second-order valence-electron chi connectivity index (χ2n) is 14.9. The van der Waals surface area contributed by atoms with Gasteiger partial charge in [-0.15, -0.1) is 0 Å². The predicted octanol–water partition coefficient (Wildman–Crippen LogP) is 3.10. The summed E-state index contributed by atoms with van der Waals surface area (Å²) in [6.07, 6.45) is -1.57. The molecule has 3 heterocycles. The first-order chi connectivity index (χ1) is 26.1. The van der Waals surface area contributed by atoms with Crippen molar-refractivity contribution in [2.75, 3.05) is 39.6 Å². The van der Waals surface area contributed by atoms with Crippen LogP contribution in [0.15, 0.2) is 82.6 Å². The number of carboxylic acid groups (broad SMARTS) is 1. The second-order valence-corrected chi connectivity index (χ2v) is 18.6. The van der Waals surface area contributed by atoms with Gasteiger partial charge >= 0.3 is 0 Å². The highest BCUT2D eigenvalue weighted by Crippen LogP contribution is 2.38. The summed E-state index contributed by atoms with van der Waals surface area (Å²) >= 11 is 0. The molecule has 0 bridgehead atoms. The van der Waals surface area contributed by atoms with Crippen molar-refractivity contribution in [2.45, 2.75) is 80.2 Å². The van der Waals surface area contributed by atoms with E-state index in [1.54, 1.807) is 12.1 Å². The van der Waals surface area contributed by atoms with Gasteiger partial charge < -0.3 is 38.9 Å². The average Bonchev–Trinajstić information content (AvgIpc) is 3.90. The Balaban J connectivity index is 1.23. The summed E-state index contributed by atoms with van der Waals surface area (Å²) in [5.74, 6) is -0.187. The fraction of sp³-hybridized carbons (Fsp3) is 0.500. The summed E-state index contributed by atoms with van der Waals surface area (Å²) in [4.78, 5) is 13.9. The van der Waals surface area contributed by atoms with Crippen LogP contribution in [0.25, 0.3) is 0 Å². The number of sulfonamides is 2. The number of rotatable bonds is 18. The summed E-state index contributed by atoms with van der Waals surface area (Å²) in [5, 5.41) is 25.1. The smallest absolute Gasteiger partial charge is 0.243 e. The molecule has 1 amide bonds. The highest BCUT2D eigenvalue weighted by molar-refractivity contribution is 7.89. The Bertz CT molecular complexity index is 2000. The third kappa shape index (κ3) is 9.76. The van der Waals surface area contributed by atoms with Gasteiger partial charge in [-0.25, -0.2) is 25.9 Å². The molecule has 0 spiro atoms. The molecular formula is C38H47FN3O11S2-. The number of carbonyl (C=O) groups excluding carboxylic acids is 1. The lowest BCUT2D eigenvalue weighted by Gasteiger charge is -2.43. The van der Waals surface area contributed by atoms with Gasteiger partial charge in [0.05, 0.1) is 41.2 Å². The van der Waals surface area contributed by atoms with Gasteiger partial charge in [-0.2, -0.15) is 4.31 Å². The minimum atomic E-state index is -4.33. The lowest BCUT2D eigenvalue weighted by molar-refractivity contribution is -0.273. The topological polar surface area (TPSA) is 184 Å². The molecule has 3 aromatic rings. The van der Waals surface area contributed by atoms with Crippen molar-refractivity contribution >= 4 is 26.1 Å². The molecule has 2 saturated heterocycles. The Kier molecular flexibility index (Phi) is 12.7. The number of amides is 1. The van der Waals surface area contributed by atoms with Crippen LogP contribution >= 0.6 is 0 Å². The predicted molar refractivity (Wildman–Crippen MR) is 195 cm³/mol. The van der Waals surface area contributed by atoms with E-state index in [4.69, 9.17) is 18.9 Å². The van der Waals surface area contributed by atoms with Gasteiger partial charge in [-0.05, 0) is 73.1 Å². The first kappa shape index (κ1) is 40.8. The van der Waals surface area contributed by atoms with E-state index in [0.717, 1.165) is 22.6 Å². The zero-order valence-electron chi connectivity index (χ0n) is 30.7. The molecule has 3 aliphatic heterocycles. The van der Waals surface area contributed by atoms with E-state index in [1.165, 1.54) is 34.6 Å². The molecule has 3 aliphatic rings. The van der Waals surface area contributed by atoms with Crippen molar-refractivity contribution in [1.29, 1.82) is 0 Å². The second kappa shape index (κ2) is 17.1. The molecule has 0 unspecified atom stereocenters. The highest BCUT2D eigenvalue weighted by Gasteiger charge is 2.47. The van der Waals surface area contributed by atoms with E-state index in [2.05, 4.69) is 4.72 Å². The molecule has 0 saturated carbocycles. The first-order valence-electron chi connectivity index (χ1n) is 18.2. The van der Waals surface area contributed by atoms with Crippen LogP contribution in [-0.4, -0.2) is 101 Å². The van der Waals surface area contributed by atoms with Crippen LogP contribution in [0.1, 0.15) is 45.1 Å². The van der Waals surface area contributed by atoms with E-state index in [0.29, 0.717) is 38.0 Å². The Hall–Kier alpha value is -3.84. The quantitative estimate of drug-likeness (QED) is 0.180. The molecule has 6 rings (SSSR count). The van der Waals surface area contributed by atoms with Gasteiger partial charge in [0.1, 0.15) is 11.9 Å². The Morgan fingerprint density at radius 1 is 0.982 bits per heavy atom. The van der Waals surface area contributed by atoms with Gasteiger partial charge in [0.15, 0.2) is 17.8 Å². The standard InChI is InChI=1S/C38H48FN3O11S2/c1-38(2,17-6-7-18-40-54(46,47)28-12-10-27(39)11-13-28)24-41(55(48,49)29-14-15-34-35(21-29)53-25-52-34)22-33(43)31(20-26-8-4-3-5-9-26)42(37(44)45)32-23-51-36-30(32)16-19-50-36/h3-5,8-15,21,30-33,36,40,43H,6-7,16-20,22-25H2,1-2H3,(H,44,45)/p-1/t30-,31-,32-,33+,36+/m0/s1. The molecule has 2 N–H and O–H groups in total. The number of nitrogens with zero attached hydrogens (tertiary/aromatic N) is 2. The van der Waals surface area contributed by atoms with Gasteiger partial charge in [0.2, 0.25) is 26.8 Å². The largest absolute Gasteiger partial charge is 0.530 e. The number of benzene rings is 3. The molecule has 3 aromatic carbocycles. The minimum absolute atomic E-state index is 0.0353. The number of hydrogen-bond donors (Lipinski definition) is 2. The fourth-order valence-electron chi connectivity index (χ4n) is 7.47. The number of hydrogen-bond acceptors (Lipinski definition) is 11. The fourth-order valence-corrected chi connectivity index (χ4v) is 10.2. The Morgan fingerprint density at radius 3 is 2.42 bits per heavy atom.